The van der Waals surface area contributed by atoms with Gasteiger partial charge in [0.2, 0.25) is 11.1 Å². The minimum absolute atomic E-state index is 0.203. The largest absolute Gasteiger partial charge is 0.329 e. The van der Waals surface area contributed by atoms with Crippen molar-refractivity contribution in [3.63, 3.8) is 0 Å². The van der Waals surface area contributed by atoms with Crippen LogP contribution in [0.4, 0.5) is 15.3 Å². The Morgan fingerprint density at radius 1 is 1.55 bits per heavy atom. The van der Waals surface area contributed by atoms with E-state index in [0.29, 0.717) is 0 Å². The number of halogens is 2. The average Bonchev–Trinajstić information content (AvgIpc) is 2.70. The predicted octanol–water partition coefficient (Wildman–Crippen LogP) is 1.05. The second-order valence-electron chi connectivity index (χ2n) is 4.03. The van der Waals surface area contributed by atoms with Gasteiger partial charge in [-0.1, -0.05) is 11.6 Å². The number of hydrogen-bond acceptors (Lipinski definition) is 6. The van der Waals surface area contributed by atoms with Crippen LogP contribution in [-0.4, -0.2) is 36.0 Å². The third kappa shape index (κ3) is 2.56. The van der Waals surface area contributed by atoms with Crippen molar-refractivity contribution in [3.05, 3.63) is 27.5 Å². The standard InChI is InChI=1S/C9H7ClFN3O5S/c10-9-8(14(16)17)6(1-2-12-9)13-4-5(3-7(13)15)20(11,18)19/h1-2,5H,3-4H2. The summed E-state index contributed by atoms with van der Waals surface area (Å²) >= 11 is 5.59. The third-order valence-electron chi connectivity index (χ3n) is 2.82. The van der Waals surface area contributed by atoms with Crippen LogP contribution in [-0.2, 0) is 15.0 Å². The molecule has 0 bridgehead atoms. The number of carbonyl (C=O) groups is 1. The lowest BCUT2D eigenvalue weighted by Gasteiger charge is -2.15. The highest BCUT2D eigenvalue weighted by Gasteiger charge is 2.41. The smallest absolute Gasteiger partial charge is 0.305 e. The Morgan fingerprint density at radius 2 is 2.20 bits per heavy atom. The molecule has 0 spiro atoms. The van der Waals surface area contributed by atoms with E-state index in [4.69, 9.17) is 11.6 Å². The molecule has 1 aliphatic rings. The molecule has 0 aromatic carbocycles. The van der Waals surface area contributed by atoms with E-state index in [1.54, 1.807) is 0 Å². The molecule has 108 valence electrons. The van der Waals surface area contributed by atoms with Gasteiger partial charge >= 0.3 is 15.9 Å². The number of carbonyl (C=O) groups excluding carboxylic acids is 1. The summed E-state index contributed by atoms with van der Waals surface area (Å²) in [4.78, 5) is 26.2. The van der Waals surface area contributed by atoms with Gasteiger partial charge in [-0.2, -0.15) is 8.42 Å². The topological polar surface area (TPSA) is 110 Å². The fourth-order valence-electron chi connectivity index (χ4n) is 1.90. The summed E-state index contributed by atoms with van der Waals surface area (Å²) in [5, 5.41) is 8.96. The van der Waals surface area contributed by atoms with Crippen molar-refractivity contribution in [3.8, 4) is 0 Å². The van der Waals surface area contributed by atoms with Crippen LogP contribution in [0.2, 0.25) is 5.15 Å². The van der Waals surface area contributed by atoms with E-state index in [1.807, 2.05) is 0 Å². The molecule has 1 atom stereocenters. The summed E-state index contributed by atoms with van der Waals surface area (Å²) in [6.45, 7) is -0.501. The van der Waals surface area contributed by atoms with Gasteiger partial charge < -0.3 is 4.90 Å². The Balaban J connectivity index is 2.46. The molecule has 1 aromatic heterocycles. The van der Waals surface area contributed by atoms with Crippen LogP contribution in [0.5, 0.6) is 0 Å². The van der Waals surface area contributed by atoms with Gasteiger partial charge in [0.1, 0.15) is 10.9 Å². The molecule has 0 saturated carbocycles. The zero-order valence-corrected chi connectivity index (χ0v) is 11.3. The maximum absolute atomic E-state index is 12.9. The summed E-state index contributed by atoms with van der Waals surface area (Å²) in [7, 11) is -4.90. The lowest BCUT2D eigenvalue weighted by molar-refractivity contribution is -0.384. The number of pyridine rings is 1. The van der Waals surface area contributed by atoms with Crippen LogP contribution in [0, 0.1) is 10.1 Å². The van der Waals surface area contributed by atoms with Gasteiger partial charge in [0.05, 0.1) is 4.92 Å². The summed E-state index contributed by atoms with van der Waals surface area (Å²) in [6.07, 6.45) is 0.561. The Hall–Kier alpha value is -1.81. The Bertz CT molecular complexity index is 695. The van der Waals surface area contributed by atoms with E-state index in [-0.39, 0.29) is 5.69 Å². The third-order valence-corrected chi connectivity index (χ3v) is 4.21. The summed E-state index contributed by atoms with van der Waals surface area (Å²) in [6, 6.07) is 1.15. The molecule has 11 heteroatoms. The molecule has 0 N–H and O–H groups in total. The maximum atomic E-state index is 12.9. The van der Waals surface area contributed by atoms with Gasteiger partial charge in [0, 0.05) is 19.2 Å². The van der Waals surface area contributed by atoms with E-state index >= 15 is 0 Å². The van der Waals surface area contributed by atoms with Crippen LogP contribution in [0.3, 0.4) is 0 Å². The second-order valence-corrected chi connectivity index (χ2v) is 6.01. The highest BCUT2D eigenvalue weighted by atomic mass is 35.5. The van der Waals surface area contributed by atoms with E-state index in [9.17, 15) is 27.2 Å². The van der Waals surface area contributed by atoms with E-state index in [2.05, 4.69) is 4.98 Å². The van der Waals surface area contributed by atoms with Crippen LogP contribution in [0.1, 0.15) is 6.42 Å². The molecule has 1 amide bonds. The number of anilines is 1. The first-order valence-electron chi connectivity index (χ1n) is 5.24. The number of rotatable bonds is 3. The van der Waals surface area contributed by atoms with Gasteiger partial charge in [-0.15, -0.1) is 3.89 Å². The van der Waals surface area contributed by atoms with Crippen molar-refractivity contribution in [1.29, 1.82) is 0 Å². The fourth-order valence-corrected chi connectivity index (χ4v) is 2.79. The number of nitro groups is 1. The number of amides is 1. The molecule has 1 aliphatic heterocycles. The number of nitrogens with zero attached hydrogens (tertiary/aromatic N) is 3. The molecular weight excluding hydrogens is 317 g/mol. The van der Waals surface area contributed by atoms with Crippen molar-refractivity contribution in [2.24, 2.45) is 0 Å². The van der Waals surface area contributed by atoms with Gasteiger partial charge in [0.25, 0.3) is 0 Å². The predicted molar refractivity (Wildman–Crippen MR) is 66.7 cm³/mol. The molecule has 20 heavy (non-hydrogen) atoms. The Morgan fingerprint density at radius 3 is 2.70 bits per heavy atom. The zero-order valence-electron chi connectivity index (χ0n) is 9.69. The molecule has 2 rings (SSSR count). The first kappa shape index (κ1) is 14.6. The Kier molecular flexibility index (Phi) is 3.61. The van der Waals surface area contributed by atoms with Gasteiger partial charge in [-0.3, -0.25) is 14.9 Å². The monoisotopic (exact) mass is 323 g/mol. The van der Waals surface area contributed by atoms with Crippen LogP contribution in [0.15, 0.2) is 12.3 Å². The minimum Gasteiger partial charge on any atom is -0.305 e. The highest BCUT2D eigenvalue weighted by Crippen LogP contribution is 2.36. The molecule has 0 radical (unpaired) electrons. The normalized spacial score (nSPS) is 19.4. The summed E-state index contributed by atoms with van der Waals surface area (Å²) in [5.41, 5.74) is -0.828. The molecule has 8 nitrogen and oxygen atoms in total. The summed E-state index contributed by atoms with van der Waals surface area (Å²) in [5.74, 6) is -0.735. The van der Waals surface area contributed by atoms with Crippen molar-refractivity contribution in [2.75, 3.05) is 11.4 Å². The highest BCUT2D eigenvalue weighted by molar-refractivity contribution is 7.87. The van der Waals surface area contributed by atoms with E-state index < -0.39 is 50.1 Å². The second kappa shape index (κ2) is 4.94. The molecule has 1 unspecified atom stereocenters. The average molecular weight is 324 g/mol. The Labute approximate surface area is 117 Å². The summed E-state index contributed by atoms with van der Waals surface area (Å²) < 4.78 is 34.6. The first-order chi connectivity index (χ1) is 9.21. The quantitative estimate of drug-likeness (QED) is 0.356. The van der Waals surface area contributed by atoms with Crippen molar-refractivity contribution >= 4 is 39.1 Å². The van der Waals surface area contributed by atoms with E-state index in [1.165, 1.54) is 0 Å². The number of hydrogen-bond donors (Lipinski definition) is 0. The van der Waals surface area contributed by atoms with Gasteiger partial charge in [-0.25, -0.2) is 4.98 Å². The number of aromatic nitrogens is 1. The first-order valence-corrected chi connectivity index (χ1v) is 7.07. The molecule has 1 saturated heterocycles. The zero-order chi connectivity index (χ0) is 15.1. The van der Waals surface area contributed by atoms with Crippen molar-refractivity contribution in [1.82, 2.24) is 4.98 Å². The van der Waals surface area contributed by atoms with Crippen LogP contribution >= 0.6 is 11.6 Å². The maximum Gasteiger partial charge on any atom is 0.329 e. The van der Waals surface area contributed by atoms with Gasteiger partial charge in [0.15, 0.2) is 0 Å². The SMILES string of the molecule is O=C1CC(S(=O)(=O)F)CN1c1ccnc(Cl)c1[N+](=O)[O-]. The minimum atomic E-state index is -4.90. The fraction of sp³-hybridized carbons (Fsp3) is 0.333. The van der Waals surface area contributed by atoms with Crippen molar-refractivity contribution in [2.45, 2.75) is 11.7 Å². The van der Waals surface area contributed by atoms with Crippen LogP contribution < -0.4 is 4.90 Å². The molecule has 0 aliphatic carbocycles. The molecule has 1 aromatic rings. The lowest BCUT2D eigenvalue weighted by atomic mass is 10.3. The molecule has 1 fully saturated rings. The van der Waals surface area contributed by atoms with E-state index in [0.717, 1.165) is 17.2 Å². The molecule has 2 heterocycles. The van der Waals surface area contributed by atoms with Gasteiger partial charge in [-0.05, 0) is 6.07 Å². The van der Waals surface area contributed by atoms with Crippen LogP contribution in [0.25, 0.3) is 0 Å². The van der Waals surface area contributed by atoms with Crippen molar-refractivity contribution < 1.29 is 22.0 Å². The lowest BCUT2D eigenvalue weighted by Crippen LogP contribution is -2.27. The molecular formula is C9H7ClFN3O5S.